The summed E-state index contributed by atoms with van der Waals surface area (Å²) in [6.07, 6.45) is 0. The Hall–Kier alpha value is 0.620. The third-order valence-electron chi connectivity index (χ3n) is 1.88. The quantitative estimate of drug-likeness (QED) is 0.230. The second kappa shape index (κ2) is 6.53. The molecular formula is C11H9I3O2. The van der Waals surface area contributed by atoms with E-state index in [-0.39, 0.29) is 5.97 Å². The highest BCUT2D eigenvalue weighted by atomic mass is 127. The van der Waals surface area contributed by atoms with E-state index in [9.17, 15) is 4.79 Å². The SMILES string of the molecule is Cc1ccc(OC(=O)C(I)=C(I)I)c(C)c1. The van der Waals surface area contributed by atoms with Gasteiger partial charge in [0.2, 0.25) is 0 Å². The Morgan fingerprint density at radius 2 is 1.81 bits per heavy atom. The smallest absolute Gasteiger partial charge is 0.351 e. The maximum absolute atomic E-state index is 11.7. The first kappa shape index (κ1) is 14.7. The van der Waals surface area contributed by atoms with Crippen LogP contribution < -0.4 is 4.74 Å². The van der Waals surface area contributed by atoms with Crippen LogP contribution in [0.15, 0.2) is 23.4 Å². The molecule has 5 heteroatoms. The van der Waals surface area contributed by atoms with Crippen molar-refractivity contribution in [2.45, 2.75) is 13.8 Å². The van der Waals surface area contributed by atoms with Gasteiger partial charge in [0.15, 0.2) is 0 Å². The monoisotopic (exact) mass is 554 g/mol. The average Bonchev–Trinajstić information content (AvgIpc) is 2.20. The zero-order valence-corrected chi connectivity index (χ0v) is 15.2. The predicted molar refractivity (Wildman–Crippen MR) is 90.6 cm³/mol. The van der Waals surface area contributed by atoms with Gasteiger partial charge in [-0.15, -0.1) is 0 Å². The van der Waals surface area contributed by atoms with E-state index in [0.717, 1.165) is 12.7 Å². The standard InChI is InChI=1S/C11H9I3O2/c1-6-3-4-8(7(2)5-6)16-11(15)9(12)10(13)14/h3-5H,1-2H3. The summed E-state index contributed by atoms with van der Waals surface area (Å²) in [4.78, 5) is 11.7. The Labute approximate surface area is 136 Å². The normalized spacial score (nSPS) is 9.81. The molecule has 1 aromatic rings. The van der Waals surface area contributed by atoms with E-state index in [4.69, 9.17) is 4.74 Å². The van der Waals surface area contributed by atoms with Crippen LogP contribution in [0.5, 0.6) is 5.75 Å². The van der Waals surface area contributed by atoms with Gasteiger partial charge in [0.1, 0.15) is 9.33 Å². The lowest BCUT2D eigenvalue weighted by molar-refractivity contribution is -0.129. The lowest BCUT2D eigenvalue weighted by Gasteiger charge is -2.07. The van der Waals surface area contributed by atoms with Gasteiger partial charge in [-0.25, -0.2) is 4.79 Å². The van der Waals surface area contributed by atoms with Crippen molar-refractivity contribution < 1.29 is 9.53 Å². The molecule has 0 unspecified atom stereocenters. The maximum atomic E-state index is 11.7. The summed E-state index contributed by atoms with van der Waals surface area (Å²) >= 11 is 6.19. The molecule has 0 aliphatic carbocycles. The molecule has 0 N–H and O–H groups in total. The van der Waals surface area contributed by atoms with Gasteiger partial charge in [0.05, 0.1) is 1.59 Å². The largest absolute Gasteiger partial charge is 0.422 e. The summed E-state index contributed by atoms with van der Waals surface area (Å²) in [5, 5.41) is 0. The van der Waals surface area contributed by atoms with Crippen molar-refractivity contribution >= 4 is 73.7 Å². The van der Waals surface area contributed by atoms with Crippen LogP contribution in [-0.4, -0.2) is 5.97 Å². The van der Waals surface area contributed by atoms with Gasteiger partial charge in [-0.05, 0) is 93.2 Å². The highest BCUT2D eigenvalue weighted by Crippen LogP contribution is 2.28. The molecule has 0 aliphatic heterocycles. The number of ether oxygens (including phenoxy) is 1. The minimum Gasteiger partial charge on any atom is -0.422 e. The highest BCUT2D eigenvalue weighted by Gasteiger charge is 2.13. The van der Waals surface area contributed by atoms with Crippen molar-refractivity contribution in [3.05, 3.63) is 34.5 Å². The number of benzene rings is 1. The molecule has 1 rings (SSSR count). The van der Waals surface area contributed by atoms with Gasteiger partial charge in [0, 0.05) is 0 Å². The molecule has 0 saturated heterocycles. The van der Waals surface area contributed by atoms with Crippen molar-refractivity contribution in [1.29, 1.82) is 0 Å². The van der Waals surface area contributed by atoms with Crippen LogP contribution in [0.25, 0.3) is 0 Å². The lowest BCUT2D eigenvalue weighted by Crippen LogP contribution is -2.08. The number of carbonyl (C=O) groups is 1. The number of hydrogen-bond donors (Lipinski definition) is 0. The summed E-state index contributed by atoms with van der Waals surface area (Å²) in [7, 11) is 0. The first-order chi connectivity index (χ1) is 7.41. The highest BCUT2D eigenvalue weighted by molar-refractivity contribution is 14.2. The van der Waals surface area contributed by atoms with Crippen LogP contribution in [0.3, 0.4) is 0 Å². The third-order valence-corrected chi connectivity index (χ3v) is 6.00. The molecule has 0 aliphatic rings. The molecule has 2 nitrogen and oxygen atoms in total. The molecule has 0 spiro atoms. The molecule has 0 bridgehead atoms. The number of esters is 1. The maximum Gasteiger partial charge on any atom is 0.351 e. The number of hydrogen-bond acceptors (Lipinski definition) is 2. The van der Waals surface area contributed by atoms with Crippen LogP contribution >= 0.6 is 67.8 Å². The molecule has 0 aromatic heterocycles. The van der Waals surface area contributed by atoms with Crippen molar-refractivity contribution in [1.82, 2.24) is 0 Å². The van der Waals surface area contributed by atoms with Gasteiger partial charge in [-0.1, -0.05) is 17.7 Å². The van der Waals surface area contributed by atoms with Crippen LogP contribution in [0, 0.1) is 13.8 Å². The van der Waals surface area contributed by atoms with Crippen LogP contribution in [-0.2, 0) is 4.79 Å². The van der Waals surface area contributed by atoms with Crippen molar-refractivity contribution in [2.24, 2.45) is 0 Å². The van der Waals surface area contributed by atoms with Gasteiger partial charge >= 0.3 is 5.97 Å². The average molecular weight is 554 g/mol. The Morgan fingerprint density at radius 1 is 1.19 bits per heavy atom. The molecule has 0 heterocycles. The topological polar surface area (TPSA) is 26.3 Å². The second-order valence-corrected chi connectivity index (χ2v) is 8.53. The summed E-state index contributed by atoms with van der Waals surface area (Å²) in [6.45, 7) is 3.94. The molecule has 1 aromatic carbocycles. The number of halogens is 3. The van der Waals surface area contributed by atoms with E-state index in [0.29, 0.717) is 9.33 Å². The van der Waals surface area contributed by atoms with E-state index in [2.05, 4.69) is 45.2 Å². The lowest BCUT2D eigenvalue weighted by atomic mass is 10.1. The second-order valence-electron chi connectivity index (χ2n) is 3.23. The number of aryl methyl sites for hydroxylation is 2. The first-order valence-electron chi connectivity index (χ1n) is 4.42. The van der Waals surface area contributed by atoms with E-state index in [1.807, 2.05) is 54.6 Å². The van der Waals surface area contributed by atoms with E-state index in [1.165, 1.54) is 0 Å². The Kier molecular flexibility index (Phi) is 5.99. The zero-order chi connectivity index (χ0) is 12.3. The Bertz CT molecular complexity index is 449. The predicted octanol–water partition coefficient (Wildman–Crippen LogP) is 4.68. The van der Waals surface area contributed by atoms with Crippen LogP contribution in [0.1, 0.15) is 11.1 Å². The molecule has 0 saturated carbocycles. The molecule has 0 atom stereocenters. The number of rotatable bonds is 2. The minimum atomic E-state index is -0.300. The van der Waals surface area contributed by atoms with Crippen LogP contribution in [0.2, 0.25) is 0 Å². The molecule has 86 valence electrons. The van der Waals surface area contributed by atoms with Crippen molar-refractivity contribution in [3.8, 4) is 5.75 Å². The number of carbonyl (C=O) groups excluding carboxylic acids is 1. The van der Waals surface area contributed by atoms with Gasteiger partial charge in [0.25, 0.3) is 0 Å². The van der Waals surface area contributed by atoms with Gasteiger partial charge in [-0.2, -0.15) is 0 Å². The van der Waals surface area contributed by atoms with Crippen molar-refractivity contribution in [3.63, 3.8) is 0 Å². The van der Waals surface area contributed by atoms with E-state index < -0.39 is 0 Å². The Balaban J connectivity index is 2.90. The van der Waals surface area contributed by atoms with Gasteiger partial charge in [-0.3, -0.25) is 0 Å². The fourth-order valence-corrected chi connectivity index (χ4v) is 1.69. The molecule has 16 heavy (non-hydrogen) atoms. The first-order valence-corrected chi connectivity index (χ1v) is 7.65. The van der Waals surface area contributed by atoms with Crippen molar-refractivity contribution in [2.75, 3.05) is 0 Å². The molecular weight excluding hydrogens is 545 g/mol. The third kappa shape index (κ3) is 4.13. The Morgan fingerprint density at radius 3 is 2.31 bits per heavy atom. The zero-order valence-electron chi connectivity index (χ0n) is 8.68. The van der Waals surface area contributed by atoms with Gasteiger partial charge < -0.3 is 4.74 Å². The summed E-state index contributed by atoms with van der Waals surface area (Å²) in [6, 6.07) is 5.75. The summed E-state index contributed by atoms with van der Waals surface area (Å²) in [5.41, 5.74) is 2.13. The van der Waals surface area contributed by atoms with E-state index in [1.54, 1.807) is 0 Å². The minimum absolute atomic E-state index is 0.300. The van der Waals surface area contributed by atoms with E-state index >= 15 is 0 Å². The molecule has 0 fully saturated rings. The van der Waals surface area contributed by atoms with Crippen LogP contribution in [0.4, 0.5) is 0 Å². The summed E-state index contributed by atoms with van der Waals surface area (Å²) < 4.78 is 6.83. The fourth-order valence-electron chi connectivity index (χ4n) is 1.14. The summed E-state index contributed by atoms with van der Waals surface area (Å²) in [5.74, 6) is 0.324. The fraction of sp³-hybridized carbons (Fsp3) is 0.182. The molecule has 0 radical (unpaired) electrons. The molecule has 0 amide bonds.